The lowest BCUT2D eigenvalue weighted by atomic mass is 10.1. The number of ether oxygens (including phenoxy) is 2. The molecule has 7 heteroatoms. The number of methoxy groups -OCH3 is 1. The van der Waals surface area contributed by atoms with Gasteiger partial charge in [-0.25, -0.2) is 0 Å². The second-order valence-corrected chi connectivity index (χ2v) is 7.14. The SMILES string of the molecule is COc1ccc(NC(=O)COC(=O)[C@H]2CC(=O)N(c3cc(C)cc(C)c3)C2)cc1. The maximum Gasteiger partial charge on any atom is 0.311 e. The highest BCUT2D eigenvalue weighted by Crippen LogP contribution is 2.27. The second kappa shape index (κ2) is 8.77. The van der Waals surface area contributed by atoms with Gasteiger partial charge in [0.05, 0.1) is 13.0 Å². The fourth-order valence-electron chi connectivity index (χ4n) is 3.35. The molecule has 2 amide bonds. The largest absolute Gasteiger partial charge is 0.497 e. The number of anilines is 2. The summed E-state index contributed by atoms with van der Waals surface area (Å²) in [5.41, 5.74) is 3.45. The summed E-state index contributed by atoms with van der Waals surface area (Å²) in [6, 6.07) is 12.7. The van der Waals surface area contributed by atoms with E-state index < -0.39 is 24.4 Å². The number of amides is 2. The Kier molecular flexibility index (Phi) is 6.16. The maximum atomic E-state index is 12.4. The summed E-state index contributed by atoms with van der Waals surface area (Å²) in [5, 5.41) is 2.65. The zero-order valence-corrected chi connectivity index (χ0v) is 16.7. The molecule has 1 aliphatic rings. The monoisotopic (exact) mass is 396 g/mol. The van der Waals surface area contributed by atoms with Gasteiger partial charge in [0.15, 0.2) is 6.61 Å². The molecule has 2 aromatic carbocycles. The van der Waals surface area contributed by atoms with Gasteiger partial charge in [0.1, 0.15) is 5.75 Å². The van der Waals surface area contributed by atoms with Crippen molar-refractivity contribution in [3.8, 4) is 5.75 Å². The number of aryl methyl sites for hydroxylation is 2. The van der Waals surface area contributed by atoms with Crippen LogP contribution in [0.2, 0.25) is 0 Å². The molecule has 0 unspecified atom stereocenters. The lowest BCUT2D eigenvalue weighted by molar-refractivity contribution is -0.151. The molecule has 1 fully saturated rings. The molecule has 3 rings (SSSR count). The van der Waals surface area contributed by atoms with Crippen molar-refractivity contribution < 1.29 is 23.9 Å². The van der Waals surface area contributed by atoms with Crippen LogP contribution in [-0.4, -0.2) is 38.0 Å². The molecule has 7 nitrogen and oxygen atoms in total. The minimum atomic E-state index is -0.586. The van der Waals surface area contributed by atoms with E-state index in [1.807, 2.05) is 32.0 Å². The van der Waals surface area contributed by atoms with Crippen molar-refractivity contribution in [2.45, 2.75) is 20.3 Å². The van der Waals surface area contributed by atoms with Crippen LogP contribution in [0.25, 0.3) is 0 Å². The van der Waals surface area contributed by atoms with Crippen LogP contribution in [0.3, 0.4) is 0 Å². The molecule has 0 saturated carbocycles. The summed E-state index contributed by atoms with van der Waals surface area (Å²) < 4.78 is 10.2. The summed E-state index contributed by atoms with van der Waals surface area (Å²) >= 11 is 0. The van der Waals surface area contributed by atoms with E-state index in [0.29, 0.717) is 11.4 Å². The van der Waals surface area contributed by atoms with Gasteiger partial charge in [-0.15, -0.1) is 0 Å². The van der Waals surface area contributed by atoms with E-state index in [1.54, 1.807) is 36.3 Å². The Hall–Kier alpha value is -3.35. The Balaban J connectivity index is 1.53. The van der Waals surface area contributed by atoms with Gasteiger partial charge in [-0.3, -0.25) is 14.4 Å². The molecule has 0 spiro atoms. The van der Waals surface area contributed by atoms with Crippen molar-refractivity contribution in [1.29, 1.82) is 0 Å². The Morgan fingerprint density at radius 2 is 1.76 bits per heavy atom. The van der Waals surface area contributed by atoms with Gasteiger partial charge in [0.2, 0.25) is 5.91 Å². The van der Waals surface area contributed by atoms with Crippen molar-refractivity contribution in [2.75, 3.05) is 30.5 Å². The molecule has 152 valence electrons. The van der Waals surface area contributed by atoms with Gasteiger partial charge in [0, 0.05) is 24.3 Å². The van der Waals surface area contributed by atoms with Crippen LogP contribution in [0.1, 0.15) is 17.5 Å². The normalized spacial score (nSPS) is 15.9. The average Bonchev–Trinajstić information content (AvgIpc) is 3.08. The van der Waals surface area contributed by atoms with Gasteiger partial charge in [-0.2, -0.15) is 0 Å². The predicted octanol–water partition coefficient (Wildman–Crippen LogP) is 2.85. The summed E-state index contributed by atoms with van der Waals surface area (Å²) in [7, 11) is 1.56. The number of hydrogen-bond donors (Lipinski definition) is 1. The number of carbonyl (C=O) groups excluding carboxylic acids is 3. The Morgan fingerprint density at radius 3 is 2.38 bits per heavy atom. The quantitative estimate of drug-likeness (QED) is 0.759. The summed E-state index contributed by atoms with van der Waals surface area (Å²) in [6.45, 7) is 3.77. The third-order valence-electron chi connectivity index (χ3n) is 4.70. The molecule has 0 aliphatic carbocycles. The van der Waals surface area contributed by atoms with Crippen molar-refractivity contribution in [3.63, 3.8) is 0 Å². The van der Waals surface area contributed by atoms with E-state index in [9.17, 15) is 14.4 Å². The van der Waals surface area contributed by atoms with Crippen LogP contribution < -0.4 is 15.0 Å². The molecule has 2 aromatic rings. The molecular formula is C22H24N2O5. The van der Waals surface area contributed by atoms with Crippen molar-refractivity contribution in [1.82, 2.24) is 0 Å². The van der Waals surface area contributed by atoms with Crippen LogP contribution in [0.5, 0.6) is 5.75 Å². The number of carbonyl (C=O) groups is 3. The molecular weight excluding hydrogens is 372 g/mol. The third-order valence-corrected chi connectivity index (χ3v) is 4.70. The number of rotatable bonds is 6. The summed E-state index contributed by atoms with van der Waals surface area (Å²) in [4.78, 5) is 38.3. The van der Waals surface area contributed by atoms with Crippen molar-refractivity contribution in [2.24, 2.45) is 5.92 Å². The first-order valence-corrected chi connectivity index (χ1v) is 9.35. The fraction of sp³-hybridized carbons (Fsp3) is 0.318. The van der Waals surface area contributed by atoms with E-state index in [4.69, 9.17) is 9.47 Å². The highest BCUT2D eigenvalue weighted by molar-refractivity contribution is 6.00. The number of hydrogen-bond acceptors (Lipinski definition) is 5. The van der Waals surface area contributed by atoms with Gasteiger partial charge in [-0.1, -0.05) is 6.07 Å². The van der Waals surface area contributed by atoms with Gasteiger partial charge in [0.25, 0.3) is 5.91 Å². The summed E-state index contributed by atoms with van der Waals surface area (Å²) in [6.07, 6.45) is 0.0753. The zero-order chi connectivity index (χ0) is 21.0. The molecule has 1 atom stereocenters. The molecule has 1 aliphatic heterocycles. The molecule has 1 heterocycles. The van der Waals surface area contributed by atoms with E-state index in [0.717, 1.165) is 16.8 Å². The van der Waals surface area contributed by atoms with Crippen LogP contribution in [0.4, 0.5) is 11.4 Å². The minimum absolute atomic E-state index is 0.0753. The predicted molar refractivity (Wildman–Crippen MR) is 109 cm³/mol. The molecule has 0 bridgehead atoms. The van der Waals surface area contributed by atoms with Gasteiger partial charge in [-0.05, 0) is 61.4 Å². The number of benzene rings is 2. The Morgan fingerprint density at radius 1 is 1.10 bits per heavy atom. The topological polar surface area (TPSA) is 84.9 Å². The first kappa shape index (κ1) is 20.4. The highest BCUT2D eigenvalue weighted by Gasteiger charge is 2.36. The first-order valence-electron chi connectivity index (χ1n) is 9.35. The number of esters is 1. The maximum absolute atomic E-state index is 12.4. The average molecular weight is 396 g/mol. The van der Waals surface area contributed by atoms with E-state index in [1.165, 1.54) is 0 Å². The molecule has 1 saturated heterocycles. The Labute approximate surface area is 169 Å². The van der Waals surface area contributed by atoms with E-state index in [-0.39, 0.29) is 18.9 Å². The van der Waals surface area contributed by atoms with Crippen LogP contribution >= 0.6 is 0 Å². The lowest BCUT2D eigenvalue weighted by Gasteiger charge is -2.18. The summed E-state index contributed by atoms with van der Waals surface area (Å²) in [5.74, 6) is -1.03. The van der Waals surface area contributed by atoms with Crippen LogP contribution in [-0.2, 0) is 19.1 Å². The standard InChI is InChI=1S/C22H24N2O5/c1-14-8-15(2)10-18(9-14)24-12-16(11-21(24)26)22(27)29-13-20(25)23-17-4-6-19(28-3)7-5-17/h4-10,16H,11-13H2,1-3H3,(H,23,25)/t16-/m0/s1. The van der Waals surface area contributed by atoms with E-state index >= 15 is 0 Å². The number of nitrogens with one attached hydrogen (secondary N) is 1. The zero-order valence-electron chi connectivity index (χ0n) is 16.7. The van der Waals surface area contributed by atoms with E-state index in [2.05, 4.69) is 5.32 Å². The molecule has 29 heavy (non-hydrogen) atoms. The van der Waals surface area contributed by atoms with Crippen LogP contribution in [0.15, 0.2) is 42.5 Å². The highest BCUT2D eigenvalue weighted by atomic mass is 16.5. The van der Waals surface area contributed by atoms with Crippen molar-refractivity contribution >= 4 is 29.2 Å². The van der Waals surface area contributed by atoms with Gasteiger partial charge < -0.3 is 19.7 Å². The first-order chi connectivity index (χ1) is 13.9. The number of nitrogens with zero attached hydrogens (tertiary/aromatic N) is 1. The fourth-order valence-corrected chi connectivity index (χ4v) is 3.35. The Bertz CT molecular complexity index is 903. The minimum Gasteiger partial charge on any atom is -0.497 e. The second-order valence-electron chi connectivity index (χ2n) is 7.14. The molecule has 0 aromatic heterocycles. The van der Waals surface area contributed by atoms with Crippen LogP contribution in [0, 0.1) is 19.8 Å². The smallest absolute Gasteiger partial charge is 0.311 e. The molecule has 0 radical (unpaired) electrons. The lowest BCUT2D eigenvalue weighted by Crippen LogP contribution is -2.28. The molecule has 1 N–H and O–H groups in total. The van der Waals surface area contributed by atoms with Gasteiger partial charge >= 0.3 is 5.97 Å². The third kappa shape index (κ3) is 5.13. The van der Waals surface area contributed by atoms with Crippen molar-refractivity contribution in [3.05, 3.63) is 53.6 Å².